The molecule has 35 heavy (non-hydrogen) atoms. The molecule has 3 aromatic carbocycles. The number of aromatic nitrogens is 3. The second kappa shape index (κ2) is 9.89. The number of carbonyl (C=O) groups is 1. The van der Waals surface area contributed by atoms with E-state index in [4.69, 9.17) is 0 Å². The van der Waals surface area contributed by atoms with Crippen LogP contribution in [0.15, 0.2) is 76.3 Å². The molecule has 0 saturated heterocycles. The molecule has 0 spiro atoms. The third-order valence-corrected chi connectivity index (χ3v) is 5.55. The van der Waals surface area contributed by atoms with Gasteiger partial charge in [-0.3, -0.25) is 14.2 Å². The molecule has 7 nitrogen and oxygen atoms in total. The number of nitrogens with zero attached hydrogens (tertiary/aromatic N) is 3. The van der Waals surface area contributed by atoms with Crippen LogP contribution in [-0.4, -0.2) is 20.3 Å². The predicted molar refractivity (Wildman–Crippen MR) is 131 cm³/mol. The summed E-state index contributed by atoms with van der Waals surface area (Å²) >= 11 is 0. The molecule has 0 aliphatic carbocycles. The Balaban J connectivity index is 1.79. The van der Waals surface area contributed by atoms with E-state index in [0.717, 1.165) is 31.5 Å². The number of hydrogen-bond acceptors (Lipinski definition) is 4. The van der Waals surface area contributed by atoms with Gasteiger partial charge in [0.15, 0.2) is 0 Å². The maximum atomic E-state index is 13.4. The van der Waals surface area contributed by atoms with Crippen LogP contribution >= 0.6 is 0 Å². The minimum atomic E-state index is -0.784. The minimum Gasteiger partial charge on any atom is -0.346 e. The molecule has 4 aromatic rings. The zero-order valence-electron chi connectivity index (χ0n) is 19.7. The molecular formula is C27H25FN4O3. The lowest BCUT2D eigenvalue weighted by molar-refractivity contribution is 0.0941. The summed E-state index contributed by atoms with van der Waals surface area (Å²) in [4.78, 5) is 39.6. The molecule has 1 heterocycles. The number of benzene rings is 3. The number of halogens is 1. The third-order valence-electron chi connectivity index (χ3n) is 5.55. The molecule has 0 bridgehead atoms. The summed E-state index contributed by atoms with van der Waals surface area (Å²) in [6.07, 6.45) is 0. The number of hydrogen-bond donors (Lipinski definition) is 1. The highest BCUT2D eigenvalue weighted by atomic mass is 19.1. The van der Waals surface area contributed by atoms with Crippen LogP contribution in [0.2, 0.25) is 0 Å². The Hall–Kier alpha value is -4.33. The predicted octanol–water partition coefficient (Wildman–Crippen LogP) is 3.44. The average molecular weight is 473 g/mol. The van der Waals surface area contributed by atoms with E-state index in [1.54, 1.807) is 12.1 Å². The normalized spacial score (nSPS) is 10.9. The highest BCUT2D eigenvalue weighted by Crippen LogP contribution is 2.11. The van der Waals surface area contributed by atoms with Crippen LogP contribution < -0.4 is 16.6 Å². The summed E-state index contributed by atoms with van der Waals surface area (Å²) in [6.45, 7) is 5.78. The Kier molecular flexibility index (Phi) is 6.73. The van der Waals surface area contributed by atoms with Crippen molar-refractivity contribution in [2.75, 3.05) is 0 Å². The molecule has 4 rings (SSSR count). The fourth-order valence-corrected chi connectivity index (χ4v) is 3.78. The van der Waals surface area contributed by atoms with Crippen molar-refractivity contribution in [2.24, 2.45) is 0 Å². The summed E-state index contributed by atoms with van der Waals surface area (Å²) < 4.78 is 15.3. The first-order valence-corrected chi connectivity index (χ1v) is 11.1. The van der Waals surface area contributed by atoms with E-state index in [-0.39, 0.29) is 18.9 Å². The van der Waals surface area contributed by atoms with Crippen LogP contribution in [0, 0.1) is 26.6 Å². The van der Waals surface area contributed by atoms with Crippen molar-refractivity contribution >= 4 is 5.91 Å². The summed E-state index contributed by atoms with van der Waals surface area (Å²) in [6, 6.07) is 18.6. The molecule has 8 heteroatoms. The van der Waals surface area contributed by atoms with Gasteiger partial charge in [-0.05, 0) is 67.3 Å². The Morgan fingerprint density at radius 1 is 0.857 bits per heavy atom. The van der Waals surface area contributed by atoms with Crippen LogP contribution in [-0.2, 0) is 13.1 Å². The molecule has 0 radical (unpaired) electrons. The summed E-state index contributed by atoms with van der Waals surface area (Å²) in [5, 5.41) is 6.81. The van der Waals surface area contributed by atoms with E-state index >= 15 is 0 Å². The van der Waals surface area contributed by atoms with Gasteiger partial charge in [0, 0.05) is 6.54 Å². The molecule has 0 atom stereocenters. The van der Waals surface area contributed by atoms with Gasteiger partial charge in [-0.1, -0.05) is 48.0 Å². The lowest BCUT2D eigenvalue weighted by Gasteiger charge is -2.13. The van der Waals surface area contributed by atoms with Gasteiger partial charge in [-0.2, -0.15) is 9.78 Å². The smallest absolute Gasteiger partial charge is 0.346 e. The van der Waals surface area contributed by atoms with Crippen LogP contribution in [0.1, 0.15) is 38.3 Å². The maximum absolute atomic E-state index is 13.4. The second-order valence-electron chi connectivity index (χ2n) is 8.57. The van der Waals surface area contributed by atoms with Crippen molar-refractivity contribution in [2.45, 2.75) is 33.9 Å². The highest BCUT2D eigenvalue weighted by molar-refractivity contribution is 5.91. The van der Waals surface area contributed by atoms with E-state index in [2.05, 4.69) is 10.4 Å². The standard InChI is InChI=1S/C27H25FN4O3/c1-17-4-6-21(7-5-17)16-31-26(34)24(25(33)29-15-20-8-10-22(28)11-9-20)30-32(27(31)35)23-13-18(2)12-19(3)14-23/h4-14H,15-16H2,1-3H3,(H,29,33). The number of amides is 1. The van der Waals surface area contributed by atoms with Crippen LogP contribution in [0.4, 0.5) is 4.39 Å². The maximum Gasteiger partial charge on any atom is 0.352 e. The van der Waals surface area contributed by atoms with Crippen LogP contribution in [0.5, 0.6) is 0 Å². The zero-order chi connectivity index (χ0) is 25.1. The Morgan fingerprint density at radius 2 is 1.46 bits per heavy atom. The first kappa shape index (κ1) is 23.8. The lowest BCUT2D eigenvalue weighted by Crippen LogP contribution is -2.46. The van der Waals surface area contributed by atoms with Crippen molar-refractivity contribution < 1.29 is 9.18 Å². The van der Waals surface area contributed by atoms with Gasteiger partial charge in [-0.15, -0.1) is 0 Å². The molecule has 1 N–H and O–H groups in total. The van der Waals surface area contributed by atoms with Gasteiger partial charge in [0.2, 0.25) is 5.69 Å². The third kappa shape index (κ3) is 5.43. The fourth-order valence-electron chi connectivity index (χ4n) is 3.78. The molecule has 178 valence electrons. The van der Waals surface area contributed by atoms with E-state index in [1.165, 1.54) is 24.3 Å². The lowest BCUT2D eigenvalue weighted by atomic mass is 10.1. The Labute approximate surface area is 201 Å². The van der Waals surface area contributed by atoms with Gasteiger partial charge in [0.25, 0.3) is 11.5 Å². The Morgan fingerprint density at radius 3 is 2.09 bits per heavy atom. The number of rotatable bonds is 6. The molecule has 0 aliphatic heterocycles. The molecule has 0 fully saturated rings. The van der Waals surface area contributed by atoms with Gasteiger partial charge in [-0.25, -0.2) is 9.18 Å². The molecule has 0 unspecified atom stereocenters. The summed E-state index contributed by atoms with van der Waals surface area (Å²) in [7, 11) is 0. The van der Waals surface area contributed by atoms with Gasteiger partial charge in [0.05, 0.1) is 12.2 Å². The van der Waals surface area contributed by atoms with Gasteiger partial charge in [0.1, 0.15) is 5.82 Å². The van der Waals surface area contributed by atoms with E-state index in [9.17, 15) is 18.8 Å². The molecule has 1 amide bonds. The largest absolute Gasteiger partial charge is 0.352 e. The monoisotopic (exact) mass is 472 g/mol. The summed E-state index contributed by atoms with van der Waals surface area (Å²) in [5.41, 5.74) is 2.89. The fraction of sp³-hybridized carbons (Fsp3) is 0.185. The van der Waals surface area contributed by atoms with Crippen LogP contribution in [0.25, 0.3) is 5.69 Å². The van der Waals surface area contributed by atoms with Gasteiger partial charge >= 0.3 is 5.69 Å². The highest BCUT2D eigenvalue weighted by Gasteiger charge is 2.20. The summed E-state index contributed by atoms with van der Waals surface area (Å²) in [5.74, 6) is -1.11. The van der Waals surface area contributed by atoms with Gasteiger partial charge < -0.3 is 5.32 Å². The first-order valence-electron chi connectivity index (χ1n) is 11.1. The second-order valence-corrected chi connectivity index (χ2v) is 8.57. The molecule has 1 aromatic heterocycles. The SMILES string of the molecule is Cc1ccc(Cn2c(=O)c(C(=O)NCc3ccc(F)cc3)nn(-c3cc(C)cc(C)c3)c2=O)cc1. The van der Waals surface area contributed by atoms with Crippen molar-refractivity contribution in [3.8, 4) is 5.69 Å². The van der Waals surface area contributed by atoms with Crippen molar-refractivity contribution in [3.63, 3.8) is 0 Å². The molecule has 0 saturated carbocycles. The van der Waals surface area contributed by atoms with E-state index in [1.807, 2.05) is 51.1 Å². The topological polar surface area (TPSA) is 86.0 Å². The molecular weight excluding hydrogens is 447 g/mol. The number of carbonyl (C=O) groups excluding carboxylic acids is 1. The van der Waals surface area contributed by atoms with E-state index < -0.39 is 22.9 Å². The first-order chi connectivity index (χ1) is 16.7. The average Bonchev–Trinajstić information content (AvgIpc) is 2.82. The van der Waals surface area contributed by atoms with Crippen molar-refractivity contribution in [1.29, 1.82) is 0 Å². The molecule has 0 aliphatic rings. The van der Waals surface area contributed by atoms with Crippen molar-refractivity contribution in [3.05, 3.63) is 127 Å². The number of nitrogens with one attached hydrogen (secondary N) is 1. The number of aryl methyl sites for hydroxylation is 3. The zero-order valence-corrected chi connectivity index (χ0v) is 19.7. The Bertz CT molecular complexity index is 1480. The quantitative estimate of drug-likeness (QED) is 0.466. The van der Waals surface area contributed by atoms with E-state index in [0.29, 0.717) is 11.3 Å². The van der Waals surface area contributed by atoms with Crippen LogP contribution in [0.3, 0.4) is 0 Å². The van der Waals surface area contributed by atoms with Crippen molar-refractivity contribution in [1.82, 2.24) is 19.7 Å². The minimum absolute atomic E-state index is 0.0104.